The topological polar surface area (TPSA) is 12.0 Å². The smallest absolute Gasteiger partial charge is 0.00171 e. The minimum Gasteiger partial charge on any atom is -0.316 e. The summed E-state index contributed by atoms with van der Waals surface area (Å²) in [5.74, 6) is 2.25. The quantitative estimate of drug-likeness (QED) is 0.721. The van der Waals surface area contributed by atoms with Gasteiger partial charge in [0.05, 0.1) is 0 Å². The lowest BCUT2D eigenvalue weighted by Gasteiger charge is -2.21. The van der Waals surface area contributed by atoms with E-state index in [1.165, 1.54) is 29.5 Å². The van der Waals surface area contributed by atoms with E-state index in [0.717, 1.165) is 30.8 Å². The van der Waals surface area contributed by atoms with Gasteiger partial charge in [-0.05, 0) is 68.7 Å². The first-order valence-corrected chi connectivity index (χ1v) is 8.15. The molecule has 0 aliphatic heterocycles. The monoisotopic (exact) mass is 275 g/mol. The highest BCUT2D eigenvalue weighted by Crippen LogP contribution is 2.20. The lowest BCUT2D eigenvalue weighted by atomic mass is 9.88. The molecule has 0 amide bonds. The van der Waals surface area contributed by atoms with E-state index in [2.05, 4.69) is 65.1 Å². The number of aryl methyl sites for hydroxylation is 2. The largest absolute Gasteiger partial charge is 0.316 e. The molecular weight excluding hydrogens is 242 g/mol. The van der Waals surface area contributed by atoms with E-state index >= 15 is 0 Å². The van der Waals surface area contributed by atoms with Gasteiger partial charge in [0.2, 0.25) is 0 Å². The van der Waals surface area contributed by atoms with Crippen molar-refractivity contribution >= 4 is 0 Å². The minimum atomic E-state index is 0.732. The summed E-state index contributed by atoms with van der Waals surface area (Å²) in [5, 5.41) is 3.64. The Morgan fingerprint density at radius 1 is 0.950 bits per heavy atom. The van der Waals surface area contributed by atoms with Crippen LogP contribution in [0.5, 0.6) is 0 Å². The van der Waals surface area contributed by atoms with Gasteiger partial charge in [-0.1, -0.05) is 51.5 Å². The molecule has 1 aromatic carbocycles. The second-order valence-electron chi connectivity index (χ2n) is 7.18. The maximum Gasteiger partial charge on any atom is -0.00171 e. The molecule has 1 rings (SSSR count). The fraction of sp³-hybridized carbons (Fsp3) is 0.684. The van der Waals surface area contributed by atoms with Crippen LogP contribution in [0.2, 0.25) is 0 Å². The molecule has 1 N–H and O–H groups in total. The molecular formula is C19H33N. The van der Waals surface area contributed by atoms with E-state index in [9.17, 15) is 0 Å². The van der Waals surface area contributed by atoms with Crippen molar-refractivity contribution in [3.8, 4) is 0 Å². The van der Waals surface area contributed by atoms with Crippen molar-refractivity contribution in [2.45, 2.75) is 54.4 Å². The normalized spacial score (nSPS) is 13.2. The van der Waals surface area contributed by atoms with Gasteiger partial charge in [-0.25, -0.2) is 0 Å². The zero-order valence-corrected chi connectivity index (χ0v) is 14.3. The highest BCUT2D eigenvalue weighted by molar-refractivity contribution is 5.30. The molecule has 1 nitrogen and oxygen atoms in total. The zero-order chi connectivity index (χ0) is 15.1. The second-order valence-corrected chi connectivity index (χ2v) is 7.18. The van der Waals surface area contributed by atoms with Gasteiger partial charge in [0.1, 0.15) is 0 Å². The molecule has 1 unspecified atom stereocenters. The average Bonchev–Trinajstić information content (AvgIpc) is 2.32. The Hall–Kier alpha value is -0.820. The first-order chi connectivity index (χ1) is 9.38. The van der Waals surface area contributed by atoms with Gasteiger partial charge in [-0.15, -0.1) is 0 Å². The Balaban J connectivity index is 2.65. The summed E-state index contributed by atoms with van der Waals surface area (Å²) in [6.07, 6.45) is 2.51. The highest BCUT2D eigenvalue weighted by atomic mass is 14.9. The molecule has 114 valence electrons. The van der Waals surface area contributed by atoms with E-state index in [1.807, 2.05) is 0 Å². The average molecular weight is 275 g/mol. The highest BCUT2D eigenvalue weighted by Gasteiger charge is 2.13. The summed E-state index contributed by atoms with van der Waals surface area (Å²) in [4.78, 5) is 0. The van der Waals surface area contributed by atoms with Crippen molar-refractivity contribution in [1.29, 1.82) is 0 Å². The van der Waals surface area contributed by atoms with Crippen molar-refractivity contribution in [2.75, 3.05) is 13.1 Å². The molecule has 1 aromatic rings. The molecule has 0 radical (unpaired) electrons. The second kappa shape index (κ2) is 8.46. The lowest BCUT2D eigenvalue weighted by Crippen LogP contribution is -2.28. The van der Waals surface area contributed by atoms with Gasteiger partial charge in [-0.3, -0.25) is 0 Å². The van der Waals surface area contributed by atoms with Crippen molar-refractivity contribution in [3.63, 3.8) is 0 Å². The fourth-order valence-electron chi connectivity index (χ4n) is 2.81. The molecule has 1 atom stereocenters. The van der Waals surface area contributed by atoms with E-state index in [4.69, 9.17) is 0 Å². The summed E-state index contributed by atoms with van der Waals surface area (Å²) < 4.78 is 0. The van der Waals surface area contributed by atoms with E-state index in [1.54, 1.807) is 0 Å². The predicted molar refractivity (Wildman–Crippen MR) is 90.3 cm³/mol. The summed E-state index contributed by atoms with van der Waals surface area (Å²) in [5.41, 5.74) is 4.35. The first kappa shape index (κ1) is 17.2. The van der Waals surface area contributed by atoms with Crippen LogP contribution >= 0.6 is 0 Å². The molecule has 0 heterocycles. The standard InChI is InChI=1S/C19H33N/c1-14(2)9-18(13-20-12-15(3)4)11-19-10-16(5)7-8-17(19)6/h7-8,10,14-15,18,20H,9,11-13H2,1-6H3. The Labute approximate surface area is 126 Å². The van der Waals surface area contributed by atoms with Crippen molar-refractivity contribution in [1.82, 2.24) is 5.32 Å². The molecule has 0 saturated heterocycles. The summed E-state index contributed by atoms with van der Waals surface area (Å²) in [6.45, 7) is 15.9. The van der Waals surface area contributed by atoms with Gasteiger partial charge < -0.3 is 5.32 Å². The van der Waals surface area contributed by atoms with Crippen LogP contribution in [0.25, 0.3) is 0 Å². The number of hydrogen-bond donors (Lipinski definition) is 1. The van der Waals surface area contributed by atoms with Crippen LogP contribution in [0.15, 0.2) is 18.2 Å². The molecule has 0 aliphatic rings. The lowest BCUT2D eigenvalue weighted by molar-refractivity contribution is 0.376. The number of benzene rings is 1. The summed E-state index contributed by atoms with van der Waals surface area (Å²) in [7, 11) is 0. The van der Waals surface area contributed by atoms with Crippen LogP contribution < -0.4 is 5.32 Å². The van der Waals surface area contributed by atoms with E-state index < -0.39 is 0 Å². The summed E-state index contributed by atoms with van der Waals surface area (Å²) in [6, 6.07) is 6.84. The summed E-state index contributed by atoms with van der Waals surface area (Å²) >= 11 is 0. The SMILES string of the molecule is Cc1ccc(C)c(CC(CNCC(C)C)CC(C)C)c1. The third-order valence-corrected chi connectivity index (χ3v) is 3.80. The maximum absolute atomic E-state index is 3.64. The molecule has 1 heteroatoms. The molecule has 0 spiro atoms. The molecule has 0 saturated carbocycles. The van der Waals surface area contributed by atoms with E-state index in [0.29, 0.717) is 0 Å². The van der Waals surface area contributed by atoms with Gasteiger partial charge in [-0.2, -0.15) is 0 Å². The third kappa shape index (κ3) is 6.56. The van der Waals surface area contributed by atoms with Crippen molar-refractivity contribution < 1.29 is 0 Å². The number of nitrogens with one attached hydrogen (secondary N) is 1. The Kier molecular flexibility index (Phi) is 7.29. The van der Waals surface area contributed by atoms with Crippen LogP contribution in [0.4, 0.5) is 0 Å². The molecule has 0 aromatic heterocycles. The van der Waals surface area contributed by atoms with Gasteiger partial charge in [0, 0.05) is 0 Å². The number of hydrogen-bond acceptors (Lipinski definition) is 1. The van der Waals surface area contributed by atoms with Gasteiger partial charge >= 0.3 is 0 Å². The number of rotatable bonds is 8. The van der Waals surface area contributed by atoms with Gasteiger partial charge in [0.15, 0.2) is 0 Å². The van der Waals surface area contributed by atoms with Crippen LogP contribution in [-0.4, -0.2) is 13.1 Å². The van der Waals surface area contributed by atoms with E-state index in [-0.39, 0.29) is 0 Å². The van der Waals surface area contributed by atoms with Crippen LogP contribution in [-0.2, 0) is 6.42 Å². The Morgan fingerprint density at radius 3 is 2.25 bits per heavy atom. The zero-order valence-electron chi connectivity index (χ0n) is 14.3. The van der Waals surface area contributed by atoms with Crippen LogP contribution in [0.1, 0.15) is 50.8 Å². The molecule has 0 aliphatic carbocycles. The van der Waals surface area contributed by atoms with Crippen molar-refractivity contribution in [3.05, 3.63) is 34.9 Å². The van der Waals surface area contributed by atoms with Crippen LogP contribution in [0.3, 0.4) is 0 Å². The Bertz CT molecular complexity index is 393. The first-order valence-electron chi connectivity index (χ1n) is 8.15. The molecule has 0 fully saturated rings. The maximum atomic E-state index is 3.64. The molecule has 20 heavy (non-hydrogen) atoms. The minimum absolute atomic E-state index is 0.732. The third-order valence-electron chi connectivity index (χ3n) is 3.80. The predicted octanol–water partition coefficient (Wildman–Crippen LogP) is 4.75. The van der Waals surface area contributed by atoms with Gasteiger partial charge in [0.25, 0.3) is 0 Å². The van der Waals surface area contributed by atoms with Crippen LogP contribution in [0, 0.1) is 31.6 Å². The van der Waals surface area contributed by atoms with Crippen molar-refractivity contribution in [2.24, 2.45) is 17.8 Å². The Morgan fingerprint density at radius 2 is 1.65 bits per heavy atom. The molecule has 0 bridgehead atoms. The fourth-order valence-corrected chi connectivity index (χ4v) is 2.81.